The molecule has 1 aromatic rings. The number of amides is 1. The zero-order valence-electron chi connectivity index (χ0n) is 13.7. The molecule has 4 nitrogen and oxygen atoms in total. The van der Waals surface area contributed by atoms with Crippen molar-refractivity contribution in [3.8, 4) is 0 Å². The van der Waals surface area contributed by atoms with Crippen LogP contribution < -0.4 is 5.32 Å². The summed E-state index contributed by atoms with van der Waals surface area (Å²) in [6, 6.07) is 0. The average molecular weight is 378 g/mol. The van der Waals surface area contributed by atoms with E-state index in [-0.39, 0.29) is 5.91 Å². The summed E-state index contributed by atoms with van der Waals surface area (Å²) in [5, 5.41) is 3.35. The van der Waals surface area contributed by atoms with E-state index in [0.29, 0.717) is 30.0 Å². The molecule has 1 aliphatic rings. The fraction of sp³-hybridized carbons (Fsp3) is 0.625. The van der Waals surface area contributed by atoms with Crippen molar-refractivity contribution >= 4 is 51.4 Å². The van der Waals surface area contributed by atoms with Crippen LogP contribution in [0.4, 0.5) is 5.00 Å². The van der Waals surface area contributed by atoms with Crippen LogP contribution in [0.1, 0.15) is 54.4 Å². The lowest BCUT2D eigenvalue weighted by molar-refractivity contribution is -0.120. The zero-order chi connectivity index (χ0) is 17.4. The van der Waals surface area contributed by atoms with Crippen molar-refractivity contribution in [1.82, 2.24) is 0 Å². The molecule has 0 unspecified atom stereocenters. The molecule has 1 N–H and O–H groups in total. The highest BCUT2D eigenvalue weighted by Gasteiger charge is 2.68. The Morgan fingerprint density at radius 3 is 2.43 bits per heavy atom. The van der Waals surface area contributed by atoms with Crippen molar-refractivity contribution in [2.75, 3.05) is 11.9 Å². The van der Waals surface area contributed by atoms with Gasteiger partial charge in [0, 0.05) is 4.88 Å². The normalized spacial score (nSPS) is 21.8. The number of alkyl halides is 2. The molecule has 1 fully saturated rings. The maximum Gasteiger partial charge on any atom is 0.341 e. The van der Waals surface area contributed by atoms with Gasteiger partial charge in [-0.15, -0.1) is 34.5 Å². The molecule has 1 aliphatic carbocycles. The molecule has 0 saturated heterocycles. The number of hydrogen-bond donors (Lipinski definition) is 1. The maximum atomic E-state index is 12.5. The van der Waals surface area contributed by atoms with Gasteiger partial charge in [-0.1, -0.05) is 13.8 Å². The lowest BCUT2D eigenvalue weighted by Crippen LogP contribution is -2.26. The molecule has 0 bridgehead atoms. The number of esters is 1. The molecule has 1 saturated carbocycles. The molecule has 0 aromatic carbocycles. The number of ether oxygens (including phenoxy) is 1. The first-order valence-corrected chi connectivity index (χ1v) is 9.23. The van der Waals surface area contributed by atoms with Crippen molar-refractivity contribution in [2.45, 2.75) is 51.3 Å². The van der Waals surface area contributed by atoms with Gasteiger partial charge in [0.05, 0.1) is 17.6 Å². The topological polar surface area (TPSA) is 55.4 Å². The van der Waals surface area contributed by atoms with E-state index in [4.69, 9.17) is 27.9 Å². The van der Waals surface area contributed by atoms with E-state index in [1.54, 1.807) is 6.92 Å². The van der Waals surface area contributed by atoms with E-state index in [9.17, 15) is 9.59 Å². The number of hydrogen-bond acceptors (Lipinski definition) is 4. The Kier molecular flexibility index (Phi) is 5.34. The SMILES string of the molecule is CCCOC(=O)c1c(NC(=O)[C@]2(C)CC2(Cl)Cl)sc(C)c1CC. The van der Waals surface area contributed by atoms with Gasteiger partial charge in [0.1, 0.15) is 9.33 Å². The van der Waals surface area contributed by atoms with Crippen LogP contribution in [0.25, 0.3) is 0 Å². The Labute approximate surface area is 150 Å². The number of thiophene rings is 1. The van der Waals surface area contributed by atoms with Gasteiger partial charge in [-0.05, 0) is 38.7 Å². The smallest absolute Gasteiger partial charge is 0.341 e. The van der Waals surface area contributed by atoms with E-state index >= 15 is 0 Å². The molecule has 1 atom stereocenters. The summed E-state index contributed by atoms with van der Waals surface area (Å²) in [7, 11) is 0. The second kappa shape index (κ2) is 6.61. The minimum Gasteiger partial charge on any atom is -0.462 e. The third kappa shape index (κ3) is 3.37. The molecule has 0 spiro atoms. The van der Waals surface area contributed by atoms with E-state index < -0.39 is 15.7 Å². The Balaban J connectivity index is 2.28. The summed E-state index contributed by atoms with van der Waals surface area (Å²) < 4.78 is 4.22. The highest BCUT2D eigenvalue weighted by atomic mass is 35.5. The van der Waals surface area contributed by atoms with E-state index in [2.05, 4.69) is 5.32 Å². The molecular weight excluding hydrogens is 357 g/mol. The van der Waals surface area contributed by atoms with Crippen LogP contribution in [0.2, 0.25) is 0 Å². The van der Waals surface area contributed by atoms with Crippen LogP contribution in [0.5, 0.6) is 0 Å². The number of rotatable bonds is 6. The van der Waals surface area contributed by atoms with Gasteiger partial charge in [0.25, 0.3) is 0 Å². The first kappa shape index (κ1) is 18.6. The van der Waals surface area contributed by atoms with Crippen LogP contribution >= 0.6 is 34.5 Å². The number of anilines is 1. The molecular formula is C16H21Cl2NO3S. The molecule has 1 aromatic heterocycles. The van der Waals surface area contributed by atoms with Crippen molar-refractivity contribution in [3.05, 3.63) is 16.0 Å². The maximum absolute atomic E-state index is 12.5. The summed E-state index contributed by atoms with van der Waals surface area (Å²) in [6.07, 6.45) is 1.84. The van der Waals surface area contributed by atoms with Gasteiger partial charge in [-0.2, -0.15) is 0 Å². The van der Waals surface area contributed by atoms with Crippen LogP contribution in [-0.2, 0) is 16.0 Å². The van der Waals surface area contributed by atoms with Gasteiger partial charge in [-0.3, -0.25) is 4.79 Å². The fourth-order valence-corrected chi connectivity index (χ4v) is 4.30. The second-order valence-electron chi connectivity index (χ2n) is 6.00. The number of aryl methyl sites for hydroxylation is 1. The Hall–Kier alpha value is -0.780. The standard InChI is InChI=1S/C16H21Cl2NO3S/c1-5-7-22-13(20)11-10(6-2)9(3)23-12(11)19-14(21)15(4)8-16(15,17)18/h5-8H2,1-4H3,(H,19,21)/t15-/m0/s1. The second-order valence-corrected chi connectivity index (χ2v) is 8.71. The van der Waals surface area contributed by atoms with E-state index in [1.165, 1.54) is 11.3 Å². The van der Waals surface area contributed by atoms with Gasteiger partial charge < -0.3 is 10.1 Å². The Morgan fingerprint density at radius 1 is 1.35 bits per heavy atom. The summed E-state index contributed by atoms with van der Waals surface area (Å²) in [4.78, 5) is 25.9. The molecule has 2 rings (SSSR count). The number of carbonyl (C=O) groups is 2. The Morgan fingerprint density at radius 2 is 1.96 bits per heavy atom. The number of halogens is 2. The average Bonchev–Trinajstić information content (AvgIpc) is 2.85. The van der Waals surface area contributed by atoms with Crippen molar-refractivity contribution in [1.29, 1.82) is 0 Å². The quantitative estimate of drug-likeness (QED) is 0.576. The van der Waals surface area contributed by atoms with Crippen LogP contribution in [0.15, 0.2) is 0 Å². The Bertz CT molecular complexity index is 642. The fourth-order valence-electron chi connectivity index (χ4n) is 2.46. The van der Waals surface area contributed by atoms with Gasteiger partial charge in [0.15, 0.2) is 0 Å². The largest absolute Gasteiger partial charge is 0.462 e. The summed E-state index contributed by atoms with van der Waals surface area (Å²) in [6.45, 7) is 7.92. The monoisotopic (exact) mass is 377 g/mol. The minimum atomic E-state index is -1.04. The minimum absolute atomic E-state index is 0.268. The van der Waals surface area contributed by atoms with Crippen molar-refractivity contribution in [2.24, 2.45) is 5.41 Å². The third-order valence-electron chi connectivity index (χ3n) is 4.19. The first-order valence-electron chi connectivity index (χ1n) is 7.66. The molecule has 0 radical (unpaired) electrons. The van der Waals surface area contributed by atoms with E-state index in [0.717, 1.165) is 16.9 Å². The van der Waals surface area contributed by atoms with Crippen LogP contribution in [0, 0.1) is 12.3 Å². The highest BCUT2D eigenvalue weighted by molar-refractivity contribution is 7.16. The van der Waals surface area contributed by atoms with Crippen LogP contribution in [-0.4, -0.2) is 22.8 Å². The number of carbonyl (C=O) groups excluding carboxylic acids is 2. The summed E-state index contributed by atoms with van der Waals surface area (Å²) >= 11 is 13.5. The summed E-state index contributed by atoms with van der Waals surface area (Å²) in [5.41, 5.74) is 0.538. The predicted molar refractivity (Wildman–Crippen MR) is 94.8 cm³/mol. The van der Waals surface area contributed by atoms with Gasteiger partial charge in [-0.25, -0.2) is 4.79 Å². The molecule has 1 amide bonds. The molecule has 1 heterocycles. The highest BCUT2D eigenvalue weighted by Crippen LogP contribution is 2.64. The van der Waals surface area contributed by atoms with E-state index in [1.807, 2.05) is 20.8 Å². The van der Waals surface area contributed by atoms with Crippen molar-refractivity contribution in [3.63, 3.8) is 0 Å². The molecule has 0 aliphatic heterocycles. The lowest BCUT2D eigenvalue weighted by atomic mass is 10.1. The molecule has 7 heteroatoms. The van der Waals surface area contributed by atoms with Gasteiger partial charge in [0.2, 0.25) is 5.91 Å². The lowest BCUT2D eigenvalue weighted by Gasteiger charge is -2.13. The molecule has 23 heavy (non-hydrogen) atoms. The number of nitrogens with one attached hydrogen (secondary N) is 1. The third-order valence-corrected chi connectivity index (χ3v) is 6.35. The molecule has 128 valence electrons. The predicted octanol–water partition coefficient (Wildman–Crippen LogP) is 4.71. The summed E-state index contributed by atoms with van der Waals surface area (Å²) in [5.74, 6) is -0.664. The zero-order valence-corrected chi connectivity index (χ0v) is 16.0. The first-order chi connectivity index (χ1) is 10.7. The van der Waals surface area contributed by atoms with Crippen LogP contribution in [0.3, 0.4) is 0 Å². The van der Waals surface area contributed by atoms with Gasteiger partial charge >= 0.3 is 5.97 Å². The van der Waals surface area contributed by atoms with Crippen molar-refractivity contribution < 1.29 is 14.3 Å².